The van der Waals surface area contributed by atoms with E-state index < -0.39 is 119 Å². The van der Waals surface area contributed by atoms with Gasteiger partial charge in [-0.1, -0.05) is 131 Å². The second-order valence-electron chi connectivity index (χ2n) is 24.7. The maximum Gasteiger partial charge on any atom is 0.407 e. The van der Waals surface area contributed by atoms with Crippen LogP contribution in [0.15, 0.2) is 116 Å². The molecule has 0 radical (unpaired) electrons. The molecule has 1 aliphatic carbocycles. The van der Waals surface area contributed by atoms with E-state index in [0.29, 0.717) is 39.9 Å². The molecular weight excluding hydrogens is 1310 g/mol. The molecule has 5 aromatic carbocycles. The van der Waals surface area contributed by atoms with E-state index in [1.54, 1.807) is 36.4 Å². The number of hydrogen-bond donors (Lipinski definition) is 4. The Kier molecular flexibility index (Phi) is 25.4. The van der Waals surface area contributed by atoms with Gasteiger partial charge in [0.2, 0.25) is 11.0 Å². The fraction of sp³-hybridized carbons (Fsp3) is 0.391. The van der Waals surface area contributed by atoms with Crippen molar-refractivity contribution in [3.63, 3.8) is 0 Å². The third kappa shape index (κ3) is 19.0. The highest BCUT2D eigenvalue weighted by atomic mass is 32.3. The molecule has 4 N–H and O–H groups in total. The van der Waals surface area contributed by atoms with E-state index in [9.17, 15) is 40.8 Å². The lowest BCUT2D eigenvalue weighted by molar-refractivity contribution is -0.404. The predicted molar refractivity (Wildman–Crippen MR) is 357 cm³/mol. The lowest BCUT2D eigenvalue weighted by Crippen LogP contribution is -2.71. The van der Waals surface area contributed by atoms with Gasteiger partial charge in [-0.05, 0) is 59.1 Å². The van der Waals surface area contributed by atoms with E-state index >= 15 is 17.6 Å². The van der Waals surface area contributed by atoms with Gasteiger partial charge in [0.1, 0.15) is 61.4 Å². The van der Waals surface area contributed by atoms with E-state index in [-0.39, 0.29) is 83.3 Å². The fourth-order valence-electron chi connectivity index (χ4n) is 10.2. The number of rotatable bonds is 30. The van der Waals surface area contributed by atoms with Crippen LogP contribution in [0.5, 0.6) is 0 Å². The van der Waals surface area contributed by atoms with Gasteiger partial charge in [0, 0.05) is 85.8 Å². The van der Waals surface area contributed by atoms with Gasteiger partial charge >= 0.3 is 24.0 Å². The lowest BCUT2D eigenvalue weighted by Gasteiger charge is -2.25. The summed E-state index contributed by atoms with van der Waals surface area (Å²) in [6.45, 7) is 20.6. The maximum absolute atomic E-state index is 16.3. The highest BCUT2D eigenvalue weighted by Gasteiger charge is 2.34. The minimum atomic E-state index is -6.25. The topological polar surface area (TPSA) is 267 Å². The Morgan fingerprint density at radius 2 is 1.26 bits per heavy atom. The molecule has 0 bridgehead atoms. The number of nitrogens with one attached hydrogen (secondary N) is 3. The zero-order valence-electron chi connectivity index (χ0n) is 54.5. The largest absolute Gasteiger partial charge is 0.481 e. The van der Waals surface area contributed by atoms with E-state index in [2.05, 4.69) is 75.1 Å². The van der Waals surface area contributed by atoms with Crippen LogP contribution in [0.3, 0.4) is 0 Å². The quantitative estimate of drug-likeness (QED) is 0.00620. The molecule has 18 nitrogen and oxygen atoms in total. The number of benzene rings is 6. The average Bonchev–Trinajstić information content (AvgIpc) is 0.744. The van der Waals surface area contributed by atoms with Crippen molar-refractivity contribution >= 4 is 101 Å². The van der Waals surface area contributed by atoms with Crippen molar-refractivity contribution in [1.29, 1.82) is 0 Å². The summed E-state index contributed by atoms with van der Waals surface area (Å²) >= 11 is 1.32. The molecule has 0 saturated carbocycles. The monoisotopic (exact) mass is 1390 g/mol. The number of halogens is 4. The summed E-state index contributed by atoms with van der Waals surface area (Å²) in [5.41, 5.74) is 6.76. The van der Waals surface area contributed by atoms with E-state index in [1.165, 1.54) is 30.0 Å². The summed E-state index contributed by atoms with van der Waals surface area (Å²) in [6.07, 6.45) is -3.99. The Morgan fingerprint density at radius 3 is 1.86 bits per heavy atom. The Balaban J connectivity index is 1.18. The molecule has 1 amide bonds. The van der Waals surface area contributed by atoms with Gasteiger partial charge in [-0.3, -0.25) is 19.2 Å². The van der Waals surface area contributed by atoms with Crippen LogP contribution in [0.2, 0.25) is 0 Å². The summed E-state index contributed by atoms with van der Waals surface area (Å²) in [5.74, 6) is -12.1. The number of hydrogen-bond acceptors (Lipinski definition) is 16. The van der Waals surface area contributed by atoms with Crippen LogP contribution in [-0.4, -0.2) is 94.8 Å². The molecule has 2 aliphatic rings. The number of alkyl carbamates (subject to hydrolysis) is 1. The first-order chi connectivity index (χ1) is 44.7. The van der Waals surface area contributed by atoms with Crippen molar-refractivity contribution < 1.29 is 87.1 Å². The summed E-state index contributed by atoms with van der Waals surface area (Å²) in [6, 6.07) is 27.7. The second-order valence-corrected chi connectivity index (χ2v) is 30.3. The fourth-order valence-corrected chi connectivity index (χ4v) is 15.0. The molecule has 95 heavy (non-hydrogen) atoms. The Morgan fingerprint density at radius 1 is 0.663 bits per heavy atom. The number of carboxylic acids is 1. The number of carbonyl (C=O) groups excluding carboxylic acids is 4. The number of thioether (sulfide) groups is 2. The molecule has 0 saturated heterocycles. The molecule has 5 aromatic rings. The van der Waals surface area contributed by atoms with Crippen molar-refractivity contribution in [3.05, 3.63) is 152 Å². The number of esters is 2. The van der Waals surface area contributed by atoms with Crippen molar-refractivity contribution in [3.8, 4) is 22.5 Å². The first-order valence-corrected chi connectivity index (χ1v) is 35.8. The number of Topliss-reactive ketones (excluding diaryl/α,β-unsaturated/α-hetero) is 1. The Hall–Kier alpha value is -7.78. The molecule has 0 spiro atoms. The van der Waals surface area contributed by atoms with E-state index in [4.69, 9.17) is 23.7 Å². The predicted octanol–water partition coefficient (Wildman–Crippen LogP) is 14.0. The Bertz CT molecular complexity index is 4200. The third-order valence-electron chi connectivity index (χ3n) is 15.1. The standard InChI is InChI=1S/C69H77F4N4O14S4/c1-38(2)45-17-14-18-46(39(3)4)64(45)75-42-22-24-49-52(34-42)91-53-35-43(76-65-47(40(5)6)19-15-20-48(65)41(7)8)23-25-50(53)59(49)51-16-12-13-21-54(51)94(84,85)77-95(86,87)67-62(72)60(70)66(61(71)63(67)73)93-37-44(90-58(82)27-26-56(79)80)36-89-68(83)74-30-31-88-57(81)29-33-92-32-28-55(78)69(9,10)11/h12-25,34-35,38-41,44H,26-33,36-37H2,1-11H3,(H,74,83)(H,75,76)(H,79,80)/q-1/p+1. The van der Waals surface area contributed by atoms with Crippen LogP contribution < -0.4 is 21.0 Å². The van der Waals surface area contributed by atoms with Crippen LogP contribution in [0, 0.1) is 28.7 Å². The molecular formula is C69H78F4N4O14S4. The second kappa shape index (κ2) is 32.3. The number of anilines is 2. The number of amides is 1. The van der Waals surface area contributed by atoms with Crippen LogP contribution in [0.25, 0.3) is 37.5 Å². The number of ether oxygens (including phenoxy) is 3. The number of aliphatic carboxylic acids is 1. The lowest BCUT2D eigenvalue weighted by atomic mass is 9.89. The summed E-state index contributed by atoms with van der Waals surface area (Å²) in [7, 11) is -11.9. The third-order valence-corrected chi connectivity index (χ3v) is 20.7. The molecule has 26 heteroatoms. The van der Waals surface area contributed by atoms with Gasteiger partial charge in [0.25, 0.3) is 0 Å². The number of fused-ring (bicyclic) bond motifs is 2. The number of carbonyl (C=O) groups is 5. The van der Waals surface area contributed by atoms with Crippen LogP contribution in [0.4, 0.5) is 39.4 Å². The van der Waals surface area contributed by atoms with Crippen molar-refractivity contribution in [2.45, 2.75) is 146 Å². The van der Waals surface area contributed by atoms with Crippen LogP contribution in [0.1, 0.15) is 148 Å². The average molecular weight is 1390 g/mol. The number of sulfonamides is 2. The first kappa shape index (κ1) is 74.6. The highest BCUT2D eigenvalue weighted by Crippen LogP contribution is 2.46. The van der Waals surface area contributed by atoms with Gasteiger partial charge in [-0.2, -0.15) is 11.8 Å². The molecule has 0 aromatic heterocycles. The van der Waals surface area contributed by atoms with Gasteiger partial charge < -0.3 is 38.5 Å². The molecule has 1 unspecified atom stereocenters. The molecule has 7 rings (SSSR count). The number of ketones is 1. The first-order valence-electron chi connectivity index (χ1n) is 30.7. The van der Waals surface area contributed by atoms with Crippen molar-refractivity contribution in [2.24, 2.45) is 5.41 Å². The van der Waals surface area contributed by atoms with Crippen molar-refractivity contribution in [2.75, 3.05) is 42.3 Å². The molecule has 1 aliphatic heterocycles. The maximum atomic E-state index is 16.3. The van der Waals surface area contributed by atoms with E-state index in [1.807, 2.05) is 57.2 Å². The molecule has 1 heterocycles. The minimum absolute atomic E-state index is 0.0121. The smallest absolute Gasteiger partial charge is 0.407 e. The van der Waals surface area contributed by atoms with E-state index in [0.717, 1.165) is 39.7 Å². The van der Waals surface area contributed by atoms with Crippen LogP contribution >= 0.6 is 23.5 Å². The van der Waals surface area contributed by atoms with Gasteiger partial charge in [0.15, 0.2) is 23.3 Å². The molecule has 510 valence electrons. The number of carboxylic acid groups (broad SMARTS) is 1. The highest BCUT2D eigenvalue weighted by molar-refractivity contribution is 8.12. The van der Waals surface area contributed by atoms with Gasteiger partial charge in [0.05, 0.1) is 41.7 Å². The number of para-hydroxylation sites is 2. The SMILES string of the molecule is CC(C)c1cccc(C(C)C)c1Nc1ccc2c(-c3ccccc3S(=O)(=O)[N-]S(=O)(=O)c3c(F)c(F)c(SCC(COC(=O)NCCOC(=O)CCSCCC(=O)C(C)(C)C)OC(=O)CCC(=O)O)c(F)c3F)c3ccc(=[NH+]c4c(C(C)C)cccc4C(C)C)cc-3oc2c1. The van der Waals surface area contributed by atoms with Gasteiger partial charge in [-0.15, -0.1) is 11.8 Å². The molecule has 1 atom stereocenters. The summed E-state index contributed by atoms with van der Waals surface area (Å²) < 4.78 is 147. The Labute approximate surface area is 559 Å². The summed E-state index contributed by atoms with van der Waals surface area (Å²) in [4.78, 5) is 59.6. The van der Waals surface area contributed by atoms with Gasteiger partial charge in [-0.25, -0.2) is 44.2 Å². The number of nitrogens with zero attached hydrogens (tertiary/aromatic N) is 1. The molecule has 0 fully saturated rings. The van der Waals surface area contributed by atoms with Crippen LogP contribution in [-0.2, 0) is 53.4 Å². The minimum Gasteiger partial charge on any atom is -0.481 e. The zero-order valence-corrected chi connectivity index (χ0v) is 57.8. The van der Waals surface area contributed by atoms with Crippen molar-refractivity contribution in [1.82, 2.24) is 5.32 Å². The zero-order chi connectivity index (χ0) is 69.9. The summed E-state index contributed by atoms with van der Waals surface area (Å²) in [5, 5.41) is 15.9. The normalized spacial score (nSPS) is 12.7.